The molecule has 0 aromatic heterocycles. The van der Waals surface area contributed by atoms with E-state index in [0.29, 0.717) is 22.5 Å². The van der Waals surface area contributed by atoms with E-state index in [1.807, 2.05) is 36.4 Å². The van der Waals surface area contributed by atoms with Gasteiger partial charge in [0.15, 0.2) is 11.5 Å². The van der Waals surface area contributed by atoms with Crippen LogP contribution in [-0.4, -0.2) is 44.0 Å². The zero-order valence-electron chi connectivity index (χ0n) is 17.7. The Balaban J connectivity index is 0.00000324. The maximum absolute atomic E-state index is 10.3. The Bertz CT molecular complexity index is 1410. The molecule has 174 valence electrons. The summed E-state index contributed by atoms with van der Waals surface area (Å²) in [5.74, 6) is -4.49. The van der Waals surface area contributed by atoms with Gasteiger partial charge in [0.1, 0.15) is 6.00 Å². The lowest BCUT2D eigenvalue weighted by molar-refractivity contribution is 0.330. The van der Waals surface area contributed by atoms with E-state index < -0.39 is 28.7 Å². The second kappa shape index (κ2) is 9.94. The molecule has 0 radical (unpaired) electrons. The van der Waals surface area contributed by atoms with Gasteiger partial charge in [0.2, 0.25) is 17.2 Å². The highest BCUT2D eigenvalue weighted by Crippen LogP contribution is 2.54. The minimum Gasteiger partial charge on any atom is -0.504 e. The van der Waals surface area contributed by atoms with E-state index >= 15 is 0 Å². The zero-order chi connectivity index (χ0) is 23.7. The first-order valence-corrected chi connectivity index (χ1v) is 10.3. The molecule has 0 atom stereocenters. The number of hydrogen-bond donors (Lipinski definition) is 5. The largest absolute Gasteiger partial charge is 0.504 e. The fourth-order valence-corrected chi connectivity index (χ4v) is 3.91. The van der Waals surface area contributed by atoms with Crippen molar-refractivity contribution in [3.8, 4) is 39.9 Å². The van der Waals surface area contributed by atoms with Crippen LogP contribution in [0.2, 0.25) is 0 Å². The third-order valence-electron chi connectivity index (χ3n) is 5.33. The lowest BCUT2D eigenvalue weighted by atomic mass is 9.93. The molecular formula is C25H21ClN2O5S. The second-order valence-corrected chi connectivity index (χ2v) is 7.41. The average Bonchev–Trinajstić information content (AvgIpc) is 2.84. The number of phenols is 5. The van der Waals surface area contributed by atoms with Crippen LogP contribution in [0.4, 0.5) is 5.69 Å². The Hall–Kier alpha value is -3.88. The van der Waals surface area contributed by atoms with Crippen molar-refractivity contribution in [3.63, 3.8) is 0 Å². The average molecular weight is 497 g/mol. The van der Waals surface area contributed by atoms with Gasteiger partial charge in [-0.25, -0.2) is 0 Å². The molecule has 34 heavy (non-hydrogen) atoms. The Kier molecular flexibility index (Phi) is 7.24. The molecule has 0 spiro atoms. The summed E-state index contributed by atoms with van der Waals surface area (Å²) < 4.78 is 0. The Morgan fingerprint density at radius 2 is 1.44 bits per heavy atom. The van der Waals surface area contributed by atoms with Crippen molar-refractivity contribution in [2.24, 2.45) is 9.98 Å². The summed E-state index contributed by atoms with van der Waals surface area (Å²) >= 11 is 5.97. The third kappa shape index (κ3) is 4.09. The molecule has 0 amide bonds. The summed E-state index contributed by atoms with van der Waals surface area (Å²) in [5, 5.41) is 52.1. The minimum atomic E-state index is -1.02. The molecule has 0 saturated heterocycles. The van der Waals surface area contributed by atoms with Crippen LogP contribution in [0.15, 0.2) is 70.6 Å². The molecule has 7 nitrogen and oxygen atoms in total. The summed E-state index contributed by atoms with van der Waals surface area (Å²) in [4.78, 5) is 8.66. The van der Waals surface area contributed by atoms with Crippen molar-refractivity contribution < 1.29 is 25.5 Å². The quantitative estimate of drug-likeness (QED) is 0.0818. The van der Waals surface area contributed by atoms with Crippen LogP contribution in [0.1, 0.15) is 11.1 Å². The standard InChI is InChI=1S/C25H19ClN2O5.H2S/c1-27-20-16-8-3-2-5-13(16)9-10-17(20)19(28-12-26)15-7-4-6-14(11-15)18-21(29)23(31)25(33)24(32)22(18)30;/h2-11,29-33H,1,12H2;1H2/b28-19-;. The summed E-state index contributed by atoms with van der Waals surface area (Å²) in [6.45, 7) is 3.71. The van der Waals surface area contributed by atoms with E-state index in [4.69, 9.17) is 11.6 Å². The highest BCUT2D eigenvalue weighted by Gasteiger charge is 2.25. The van der Waals surface area contributed by atoms with Gasteiger partial charge in [-0.1, -0.05) is 48.5 Å². The molecule has 0 fully saturated rings. The number of aliphatic imine (C=N–C) groups is 2. The highest BCUT2D eigenvalue weighted by molar-refractivity contribution is 7.59. The van der Waals surface area contributed by atoms with Gasteiger partial charge in [-0.2, -0.15) is 13.5 Å². The van der Waals surface area contributed by atoms with Gasteiger partial charge in [-0.05, 0) is 29.8 Å². The third-order valence-corrected chi connectivity index (χ3v) is 5.45. The van der Waals surface area contributed by atoms with E-state index in [0.717, 1.165) is 10.8 Å². The van der Waals surface area contributed by atoms with Crippen LogP contribution in [0.25, 0.3) is 21.9 Å². The van der Waals surface area contributed by atoms with Gasteiger partial charge in [-0.15, -0.1) is 11.6 Å². The summed E-state index contributed by atoms with van der Waals surface area (Å²) in [6.07, 6.45) is 0. The molecule has 5 N–H and O–H groups in total. The first-order valence-electron chi connectivity index (χ1n) is 9.77. The Morgan fingerprint density at radius 1 is 0.794 bits per heavy atom. The van der Waals surface area contributed by atoms with Gasteiger partial charge in [-0.3, -0.25) is 9.98 Å². The van der Waals surface area contributed by atoms with E-state index in [1.165, 1.54) is 0 Å². The molecule has 0 heterocycles. The van der Waals surface area contributed by atoms with Gasteiger partial charge in [0, 0.05) is 16.5 Å². The number of alkyl halides is 1. The predicted octanol–water partition coefficient (Wildman–Crippen LogP) is 5.51. The number of halogens is 1. The van der Waals surface area contributed by atoms with Crippen LogP contribution in [0.3, 0.4) is 0 Å². The monoisotopic (exact) mass is 496 g/mol. The number of fused-ring (bicyclic) bond motifs is 1. The van der Waals surface area contributed by atoms with Crippen molar-refractivity contribution in [3.05, 3.63) is 71.8 Å². The van der Waals surface area contributed by atoms with Crippen molar-refractivity contribution in [2.75, 3.05) is 6.00 Å². The van der Waals surface area contributed by atoms with Gasteiger partial charge >= 0.3 is 0 Å². The van der Waals surface area contributed by atoms with E-state index in [1.54, 1.807) is 24.3 Å². The zero-order valence-corrected chi connectivity index (χ0v) is 19.5. The summed E-state index contributed by atoms with van der Waals surface area (Å²) in [6, 6.07) is 18.0. The van der Waals surface area contributed by atoms with Crippen molar-refractivity contribution >= 4 is 54.0 Å². The molecule has 4 rings (SSSR count). The maximum Gasteiger partial charge on any atom is 0.208 e. The molecule has 0 aliphatic carbocycles. The number of hydrogen-bond acceptors (Lipinski definition) is 7. The van der Waals surface area contributed by atoms with Crippen molar-refractivity contribution in [1.82, 2.24) is 0 Å². The molecule has 0 saturated carbocycles. The molecule has 0 unspecified atom stereocenters. The lowest BCUT2D eigenvalue weighted by Gasteiger charge is -2.15. The SMILES string of the molecule is C=Nc1c(/C(=N\CCl)c2cccc(-c3c(O)c(O)c(O)c(O)c3O)c2)ccc2ccccc12.S. The Morgan fingerprint density at radius 3 is 2.09 bits per heavy atom. The topological polar surface area (TPSA) is 126 Å². The second-order valence-electron chi connectivity index (χ2n) is 7.17. The maximum atomic E-state index is 10.3. The number of aromatic hydroxyl groups is 5. The van der Waals surface area contributed by atoms with E-state index in [9.17, 15) is 25.5 Å². The molecule has 4 aromatic carbocycles. The molecule has 0 bridgehead atoms. The summed E-state index contributed by atoms with van der Waals surface area (Å²) in [7, 11) is 0. The van der Waals surface area contributed by atoms with Crippen LogP contribution in [-0.2, 0) is 0 Å². The van der Waals surface area contributed by atoms with Crippen LogP contribution >= 0.6 is 25.1 Å². The van der Waals surface area contributed by atoms with E-state index in [-0.39, 0.29) is 30.6 Å². The molecular weight excluding hydrogens is 476 g/mol. The smallest absolute Gasteiger partial charge is 0.208 e. The first kappa shape index (κ1) is 24.8. The number of nitrogens with zero attached hydrogens (tertiary/aromatic N) is 2. The highest BCUT2D eigenvalue weighted by atomic mass is 35.5. The van der Waals surface area contributed by atoms with Gasteiger partial charge < -0.3 is 25.5 Å². The fourth-order valence-electron chi connectivity index (χ4n) is 3.79. The molecule has 0 aliphatic rings. The van der Waals surface area contributed by atoms with Gasteiger partial charge in [0.05, 0.1) is 17.0 Å². The molecule has 0 aliphatic heterocycles. The molecule has 4 aromatic rings. The van der Waals surface area contributed by atoms with Crippen LogP contribution < -0.4 is 0 Å². The predicted molar refractivity (Wildman–Crippen MR) is 140 cm³/mol. The lowest BCUT2D eigenvalue weighted by Crippen LogP contribution is -2.05. The fraction of sp³-hybridized carbons (Fsp3) is 0.0400. The Labute approximate surface area is 207 Å². The van der Waals surface area contributed by atoms with Crippen molar-refractivity contribution in [1.29, 1.82) is 0 Å². The van der Waals surface area contributed by atoms with Crippen LogP contribution in [0.5, 0.6) is 28.7 Å². The normalized spacial score (nSPS) is 11.3. The van der Waals surface area contributed by atoms with Gasteiger partial charge in [0.25, 0.3) is 0 Å². The first-order chi connectivity index (χ1) is 15.9. The number of rotatable bonds is 5. The van der Waals surface area contributed by atoms with Crippen molar-refractivity contribution in [2.45, 2.75) is 0 Å². The van der Waals surface area contributed by atoms with Crippen LogP contribution in [0, 0.1) is 0 Å². The van der Waals surface area contributed by atoms with E-state index in [2.05, 4.69) is 16.7 Å². The number of benzene rings is 4. The summed E-state index contributed by atoms with van der Waals surface area (Å²) in [5.41, 5.74) is 2.35. The number of phenolic OH excluding ortho intramolecular Hbond substituents is 5. The minimum absolute atomic E-state index is 0. The molecule has 9 heteroatoms.